The second kappa shape index (κ2) is 9.78. The standard InChI is InChI=1S/C23H30N2O5/c1-4-30-23(28)15(2)25(14-16-8-6-5-7-9-16)22(27)21(26)19-13-24-20-12-17(29-3)10-11-18(19)20/h10-13,15-16,24H,4-9,14H2,1-3H3/t15-/m0/s1. The molecule has 7 nitrogen and oxygen atoms in total. The number of hydrogen-bond acceptors (Lipinski definition) is 5. The predicted octanol–water partition coefficient (Wildman–Crippen LogP) is 3.72. The molecule has 1 heterocycles. The number of H-pyrrole nitrogens is 1. The van der Waals surface area contributed by atoms with Crippen molar-refractivity contribution in [1.82, 2.24) is 9.88 Å². The molecule has 1 amide bonds. The summed E-state index contributed by atoms with van der Waals surface area (Å²) in [4.78, 5) is 43.2. The normalized spacial score (nSPS) is 15.6. The average Bonchev–Trinajstić information content (AvgIpc) is 3.20. The number of Topliss-reactive ketones (excluding diaryl/α,β-unsaturated/α-hetero) is 1. The number of ketones is 1. The molecule has 162 valence electrons. The van der Waals surface area contributed by atoms with Gasteiger partial charge >= 0.3 is 5.97 Å². The van der Waals surface area contributed by atoms with Crippen LogP contribution in [0.3, 0.4) is 0 Å². The Morgan fingerprint density at radius 3 is 2.60 bits per heavy atom. The van der Waals surface area contributed by atoms with Crippen LogP contribution >= 0.6 is 0 Å². The fourth-order valence-electron chi connectivity index (χ4n) is 4.12. The first-order valence-corrected chi connectivity index (χ1v) is 10.6. The number of benzene rings is 1. The van der Waals surface area contributed by atoms with Crippen molar-refractivity contribution in [3.63, 3.8) is 0 Å². The number of ether oxygens (including phenoxy) is 2. The highest BCUT2D eigenvalue weighted by atomic mass is 16.5. The van der Waals surface area contributed by atoms with Gasteiger partial charge in [-0.05, 0) is 44.7 Å². The minimum Gasteiger partial charge on any atom is -0.497 e. The molecule has 30 heavy (non-hydrogen) atoms. The van der Waals surface area contributed by atoms with Crippen molar-refractivity contribution in [2.75, 3.05) is 20.3 Å². The van der Waals surface area contributed by atoms with Gasteiger partial charge in [-0.1, -0.05) is 19.3 Å². The molecule has 0 saturated heterocycles. The van der Waals surface area contributed by atoms with Crippen LogP contribution in [0, 0.1) is 5.92 Å². The molecule has 1 fully saturated rings. The molecule has 3 rings (SSSR count). The third kappa shape index (κ3) is 4.66. The van der Waals surface area contributed by atoms with Crippen molar-refractivity contribution in [1.29, 1.82) is 0 Å². The van der Waals surface area contributed by atoms with Crippen LogP contribution in [0.15, 0.2) is 24.4 Å². The fraction of sp³-hybridized carbons (Fsp3) is 0.522. The molecule has 2 aromatic rings. The van der Waals surface area contributed by atoms with Crippen molar-refractivity contribution < 1.29 is 23.9 Å². The summed E-state index contributed by atoms with van der Waals surface area (Å²) in [6.45, 7) is 3.98. The molecule has 1 aliphatic carbocycles. The van der Waals surface area contributed by atoms with E-state index in [2.05, 4.69) is 4.98 Å². The Morgan fingerprint density at radius 2 is 1.93 bits per heavy atom. The Morgan fingerprint density at radius 1 is 1.20 bits per heavy atom. The highest BCUT2D eigenvalue weighted by molar-refractivity contribution is 6.45. The fourth-order valence-corrected chi connectivity index (χ4v) is 4.12. The lowest BCUT2D eigenvalue weighted by molar-refractivity contribution is -0.153. The van der Waals surface area contributed by atoms with Crippen molar-refractivity contribution in [2.45, 2.75) is 52.0 Å². The van der Waals surface area contributed by atoms with E-state index >= 15 is 0 Å². The van der Waals surface area contributed by atoms with Crippen LogP contribution in [0.4, 0.5) is 0 Å². The maximum Gasteiger partial charge on any atom is 0.328 e. The van der Waals surface area contributed by atoms with E-state index in [0.717, 1.165) is 25.7 Å². The maximum atomic E-state index is 13.3. The molecule has 0 aliphatic heterocycles. The number of rotatable bonds is 8. The van der Waals surface area contributed by atoms with E-state index in [1.165, 1.54) is 17.5 Å². The zero-order chi connectivity index (χ0) is 21.7. The highest BCUT2D eigenvalue weighted by Gasteiger charge is 2.34. The predicted molar refractivity (Wildman–Crippen MR) is 114 cm³/mol. The zero-order valence-electron chi connectivity index (χ0n) is 17.9. The molecule has 1 aromatic heterocycles. The Bertz CT molecular complexity index is 913. The molecule has 0 spiro atoms. The summed E-state index contributed by atoms with van der Waals surface area (Å²) in [6, 6.07) is 4.47. The van der Waals surface area contributed by atoms with Crippen LogP contribution in [-0.4, -0.2) is 53.8 Å². The topological polar surface area (TPSA) is 88.7 Å². The molecular weight excluding hydrogens is 384 g/mol. The molecule has 1 aromatic carbocycles. The SMILES string of the molecule is CCOC(=O)[C@H](C)N(CC1CCCCC1)C(=O)C(=O)c1c[nH]c2cc(OC)ccc12. The third-order valence-corrected chi connectivity index (χ3v) is 5.86. The smallest absolute Gasteiger partial charge is 0.328 e. The first kappa shape index (κ1) is 21.9. The van der Waals surface area contributed by atoms with Gasteiger partial charge in [-0.3, -0.25) is 9.59 Å². The molecule has 7 heteroatoms. The number of nitrogens with zero attached hydrogens (tertiary/aromatic N) is 1. The van der Waals surface area contributed by atoms with E-state index in [1.807, 2.05) is 0 Å². The number of fused-ring (bicyclic) bond motifs is 1. The minimum absolute atomic E-state index is 0.229. The molecule has 1 aliphatic rings. The van der Waals surface area contributed by atoms with Crippen LogP contribution in [0.25, 0.3) is 10.9 Å². The largest absolute Gasteiger partial charge is 0.497 e. The summed E-state index contributed by atoms with van der Waals surface area (Å²) in [5.41, 5.74) is 1.00. The lowest BCUT2D eigenvalue weighted by Crippen LogP contribution is -2.49. The number of esters is 1. The van der Waals surface area contributed by atoms with E-state index in [1.54, 1.807) is 39.2 Å². The second-order valence-corrected chi connectivity index (χ2v) is 7.83. The van der Waals surface area contributed by atoms with E-state index in [9.17, 15) is 14.4 Å². The molecule has 1 atom stereocenters. The van der Waals surface area contributed by atoms with Crippen LogP contribution in [0.2, 0.25) is 0 Å². The summed E-state index contributed by atoms with van der Waals surface area (Å²) in [6.07, 6.45) is 6.95. The van der Waals surface area contributed by atoms with Gasteiger partial charge in [0, 0.05) is 29.7 Å². The van der Waals surface area contributed by atoms with Gasteiger partial charge in [0.05, 0.1) is 19.3 Å². The summed E-state index contributed by atoms with van der Waals surface area (Å²) in [7, 11) is 1.57. The lowest BCUT2D eigenvalue weighted by atomic mass is 9.88. The zero-order valence-corrected chi connectivity index (χ0v) is 17.9. The van der Waals surface area contributed by atoms with Gasteiger partial charge in [0.2, 0.25) is 0 Å². The number of methoxy groups -OCH3 is 1. The number of carbonyl (C=O) groups is 3. The quantitative estimate of drug-likeness (QED) is 0.404. The average molecular weight is 415 g/mol. The lowest BCUT2D eigenvalue weighted by Gasteiger charge is -2.32. The van der Waals surface area contributed by atoms with Gasteiger partial charge in [0.25, 0.3) is 11.7 Å². The van der Waals surface area contributed by atoms with Gasteiger partial charge in [-0.15, -0.1) is 0 Å². The van der Waals surface area contributed by atoms with Crippen LogP contribution in [-0.2, 0) is 14.3 Å². The van der Waals surface area contributed by atoms with Crippen molar-refractivity contribution in [2.24, 2.45) is 5.92 Å². The maximum absolute atomic E-state index is 13.3. The van der Waals surface area contributed by atoms with Gasteiger partial charge in [0.1, 0.15) is 11.8 Å². The summed E-state index contributed by atoms with van der Waals surface area (Å²) in [5.74, 6) is -0.835. The Kier molecular flexibility index (Phi) is 7.13. The summed E-state index contributed by atoms with van der Waals surface area (Å²) < 4.78 is 10.3. The van der Waals surface area contributed by atoms with Crippen molar-refractivity contribution in [3.8, 4) is 5.75 Å². The Labute approximate surface area is 176 Å². The molecule has 1 N–H and O–H groups in total. The van der Waals surface area contributed by atoms with Gasteiger partial charge in [0.15, 0.2) is 0 Å². The van der Waals surface area contributed by atoms with E-state index in [-0.39, 0.29) is 6.61 Å². The number of aromatic amines is 1. The molecule has 0 radical (unpaired) electrons. The Balaban J connectivity index is 1.87. The van der Waals surface area contributed by atoms with Crippen LogP contribution in [0.1, 0.15) is 56.3 Å². The van der Waals surface area contributed by atoms with E-state index < -0.39 is 23.7 Å². The molecule has 0 bridgehead atoms. The minimum atomic E-state index is -0.811. The first-order valence-electron chi connectivity index (χ1n) is 10.6. The van der Waals surface area contributed by atoms with Crippen LogP contribution in [0.5, 0.6) is 5.75 Å². The monoisotopic (exact) mass is 414 g/mol. The number of aromatic nitrogens is 1. The van der Waals surface area contributed by atoms with E-state index in [4.69, 9.17) is 9.47 Å². The number of amides is 1. The summed E-state index contributed by atoms with van der Waals surface area (Å²) in [5, 5.41) is 0.649. The van der Waals surface area contributed by atoms with E-state index in [0.29, 0.717) is 34.7 Å². The van der Waals surface area contributed by atoms with Crippen molar-refractivity contribution >= 4 is 28.6 Å². The number of nitrogens with one attached hydrogen (secondary N) is 1. The highest BCUT2D eigenvalue weighted by Crippen LogP contribution is 2.27. The van der Waals surface area contributed by atoms with Gasteiger partial charge < -0.3 is 19.4 Å². The Hall–Kier alpha value is -2.83. The molecular formula is C23H30N2O5. The molecule has 1 saturated carbocycles. The number of carbonyl (C=O) groups excluding carboxylic acids is 3. The van der Waals surface area contributed by atoms with Crippen LogP contribution < -0.4 is 4.74 Å². The van der Waals surface area contributed by atoms with Gasteiger partial charge in [-0.2, -0.15) is 0 Å². The summed E-state index contributed by atoms with van der Waals surface area (Å²) >= 11 is 0. The van der Waals surface area contributed by atoms with Crippen molar-refractivity contribution in [3.05, 3.63) is 30.0 Å². The number of hydrogen-bond donors (Lipinski definition) is 1. The second-order valence-electron chi connectivity index (χ2n) is 7.83. The van der Waals surface area contributed by atoms with Gasteiger partial charge in [-0.25, -0.2) is 4.79 Å². The molecule has 0 unspecified atom stereocenters. The third-order valence-electron chi connectivity index (χ3n) is 5.86. The first-order chi connectivity index (χ1) is 14.5.